The molecule has 0 atom stereocenters. The fraction of sp³-hybridized carbons (Fsp3) is 0.600. The molecular formula is C15H24N2O3S. The van der Waals surface area contributed by atoms with Gasteiger partial charge < -0.3 is 4.84 Å². The van der Waals surface area contributed by atoms with Crippen molar-refractivity contribution in [2.75, 3.05) is 19.7 Å². The van der Waals surface area contributed by atoms with E-state index in [0.717, 1.165) is 31.2 Å². The van der Waals surface area contributed by atoms with Gasteiger partial charge in [0.15, 0.2) is 0 Å². The monoisotopic (exact) mass is 312 g/mol. The molecule has 1 heterocycles. The van der Waals surface area contributed by atoms with Crippen LogP contribution in [0, 0.1) is 5.92 Å². The Balaban J connectivity index is 2.03. The van der Waals surface area contributed by atoms with Gasteiger partial charge in [0.2, 0.25) is 10.0 Å². The molecule has 2 rings (SSSR count). The predicted octanol–water partition coefficient (Wildman–Crippen LogP) is 1.93. The topological polar surface area (TPSA) is 72.6 Å². The minimum absolute atomic E-state index is 0.385. The number of hydrogen-bond acceptors (Lipinski definition) is 4. The van der Waals surface area contributed by atoms with Crippen molar-refractivity contribution in [3.8, 4) is 0 Å². The Kier molecular flexibility index (Phi) is 5.75. The molecule has 0 unspecified atom stereocenters. The normalized spacial score (nSPS) is 18.0. The zero-order valence-corrected chi connectivity index (χ0v) is 13.3. The van der Waals surface area contributed by atoms with Crippen LogP contribution in [0.2, 0.25) is 0 Å². The van der Waals surface area contributed by atoms with Gasteiger partial charge in [-0.2, -0.15) is 4.31 Å². The maximum absolute atomic E-state index is 12.6. The minimum Gasteiger partial charge on any atom is -0.305 e. The maximum atomic E-state index is 12.6. The highest BCUT2D eigenvalue weighted by molar-refractivity contribution is 7.89. The molecule has 2 N–H and O–H groups in total. The van der Waals surface area contributed by atoms with Crippen LogP contribution in [0.15, 0.2) is 29.2 Å². The summed E-state index contributed by atoms with van der Waals surface area (Å²) in [5.41, 5.74) is 1.10. The number of rotatable bonds is 6. The summed E-state index contributed by atoms with van der Waals surface area (Å²) in [6.07, 6.45) is 3.54. The molecule has 0 saturated carbocycles. The first-order valence-electron chi connectivity index (χ1n) is 7.45. The van der Waals surface area contributed by atoms with Gasteiger partial charge in [0.05, 0.1) is 11.5 Å². The Bertz CT molecular complexity index is 535. The van der Waals surface area contributed by atoms with E-state index >= 15 is 0 Å². The fourth-order valence-corrected chi connectivity index (χ4v) is 4.03. The zero-order chi connectivity index (χ0) is 15.3. The van der Waals surface area contributed by atoms with E-state index < -0.39 is 10.0 Å². The Hall–Kier alpha value is -0.950. The molecular weight excluding hydrogens is 288 g/mol. The summed E-state index contributed by atoms with van der Waals surface area (Å²) in [7, 11) is -3.34. The Labute approximate surface area is 127 Å². The van der Waals surface area contributed by atoms with Crippen molar-refractivity contribution in [3.63, 3.8) is 0 Å². The molecule has 1 aliphatic rings. The summed E-state index contributed by atoms with van der Waals surface area (Å²) in [6, 6.07) is 7.14. The van der Waals surface area contributed by atoms with Crippen molar-refractivity contribution in [1.82, 2.24) is 4.31 Å². The number of nitrogens with two attached hydrogens (primary N) is 1. The zero-order valence-electron chi connectivity index (χ0n) is 12.5. The van der Waals surface area contributed by atoms with Gasteiger partial charge in [-0.25, -0.2) is 14.3 Å². The van der Waals surface area contributed by atoms with E-state index in [-0.39, 0.29) is 0 Å². The van der Waals surface area contributed by atoms with Gasteiger partial charge in [0, 0.05) is 13.1 Å². The third kappa shape index (κ3) is 4.26. The lowest BCUT2D eigenvalue weighted by atomic mass is 10.0. The van der Waals surface area contributed by atoms with Crippen LogP contribution in [0.25, 0.3) is 0 Å². The van der Waals surface area contributed by atoms with Crippen LogP contribution in [0.1, 0.15) is 31.7 Å². The summed E-state index contributed by atoms with van der Waals surface area (Å²) in [4.78, 5) is 4.91. The fourth-order valence-electron chi connectivity index (χ4n) is 2.56. The number of aryl methyl sites for hydroxylation is 1. The number of piperidine rings is 1. The average Bonchev–Trinajstić information content (AvgIpc) is 2.48. The summed E-state index contributed by atoms with van der Waals surface area (Å²) in [5.74, 6) is 5.60. The van der Waals surface area contributed by atoms with Crippen LogP contribution in [0.5, 0.6) is 0 Å². The Morgan fingerprint density at radius 3 is 2.43 bits per heavy atom. The number of benzene rings is 1. The molecule has 21 heavy (non-hydrogen) atoms. The van der Waals surface area contributed by atoms with E-state index in [4.69, 9.17) is 5.90 Å². The van der Waals surface area contributed by atoms with E-state index in [1.807, 2.05) is 12.1 Å². The van der Waals surface area contributed by atoms with E-state index in [2.05, 4.69) is 11.8 Å². The van der Waals surface area contributed by atoms with Gasteiger partial charge in [-0.05, 0) is 49.3 Å². The molecule has 5 nitrogen and oxygen atoms in total. The third-order valence-corrected chi connectivity index (χ3v) is 5.94. The summed E-state index contributed by atoms with van der Waals surface area (Å²) in [6.45, 7) is 3.92. The molecule has 118 valence electrons. The lowest BCUT2D eigenvalue weighted by molar-refractivity contribution is 0.135. The van der Waals surface area contributed by atoms with Crippen molar-refractivity contribution >= 4 is 10.0 Å². The highest BCUT2D eigenvalue weighted by Crippen LogP contribution is 2.23. The van der Waals surface area contributed by atoms with Crippen LogP contribution in [-0.4, -0.2) is 32.4 Å². The molecule has 1 aromatic carbocycles. The van der Waals surface area contributed by atoms with Crippen LogP contribution in [0.3, 0.4) is 0 Å². The molecule has 1 saturated heterocycles. The van der Waals surface area contributed by atoms with Gasteiger partial charge in [-0.3, -0.25) is 0 Å². The molecule has 6 heteroatoms. The van der Waals surface area contributed by atoms with Crippen LogP contribution < -0.4 is 5.90 Å². The summed E-state index contributed by atoms with van der Waals surface area (Å²) >= 11 is 0. The van der Waals surface area contributed by atoms with Crippen molar-refractivity contribution in [3.05, 3.63) is 29.8 Å². The Morgan fingerprint density at radius 2 is 1.86 bits per heavy atom. The third-order valence-electron chi connectivity index (χ3n) is 4.03. The highest BCUT2D eigenvalue weighted by atomic mass is 32.2. The molecule has 0 amide bonds. The van der Waals surface area contributed by atoms with Gasteiger partial charge in [0.1, 0.15) is 0 Å². The number of sulfonamides is 1. The van der Waals surface area contributed by atoms with Crippen molar-refractivity contribution in [2.24, 2.45) is 11.8 Å². The summed E-state index contributed by atoms with van der Waals surface area (Å²) in [5, 5.41) is 0. The highest BCUT2D eigenvalue weighted by Gasteiger charge is 2.27. The van der Waals surface area contributed by atoms with Gasteiger partial charge in [-0.1, -0.05) is 19.1 Å². The molecule has 1 aliphatic heterocycles. The van der Waals surface area contributed by atoms with Crippen molar-refractivity contribution < 1.29 is 13.3 Å². The van der Waals surface area contributed by atoms with Crippen molar-refractivity contribution in [1.29, 1.82) is 0 Å². The summed E-state index contributed by atoms with van der Waals surface area (Å²) < 4.78 is 26.7. The van der Waals surface area contributed by atoms with Crippen LogP contribution in [0.4, 0.5) is 0 Å². The maximum Gasteiger partial charge on any atom is 0.243 e. The van der Waals surface area contributed by atoms with Gasteiger partial charge in [-0.15, -0.1) is 0 Å². The first kappa shape index (κ1) is 16.4. The SMILES string of the molecule is CC1CCN(S(=O)(=O)c2ccc(CCCON)cc2)CC1. The second kappa shape index (κ2) is 7.35. The van der Waals surface area contributed by atoms with Crippen LogP contribution in [-0.2, 0) is 21.3 Å². The second-order valence-electron chi connectivity index (χ2n) is 5.70. The first-order chi connectivity index (χ1) is 10.0. The molecule has 0 spiro atoms. The quantitative estimate of drug-likeness (QED) is 0.643. The van der Waals surface area contributed by atoms with E-state index in [1.165, 1.54) is 0 Å². The molecule has 0 aliphatic carbocycles. The van der Waals surface area contributed by atoms with E-state index in [9.17, 15) is 8.42 Å². The smallest absolute Gasteiger partial charge is 0.243 e. The van der Waals surface area contributed by atoms with Crippen LogP contribution >= 0.6 is 0 Å². The molecule has 0 aromatic heterocycles. The standard InChI is InChI=1S/C15H24N2O3S/c1-13-8-10-17(11-9-13)21(18,19)15-6-4-14(5-7-15)3-2-12-20-16/h4-7,13H,2-3,8-12,16H2,1H3. The predicted molar refractivity (Wildman–Crippen MR) is 82.1 cm³/mol. The lowest BCUT2D eigenvalue weighted by Crippen LogP contribution is -2.37. The Morgan fingerprint density at radius 1 is 1.24 bits per heavy atom. The number of nitrogens with zero attached hydrogens (tertiary/aromatic N) is 1. The molecule has 1 fully saturated rings. The number of hydrogen-bond donors (Lipinski definition) is 1. The molecule has 0 bridgehead atoms. The minimum atomic E-state index is -3.34. The first-order valence-corrected chi connectivity index (χ1v) is 8.89. The average molecular weight is 312 g/mol. The van der Waals surface area contributed by atoms with Crippen molar-refractivity contribution in [2.45, 2.75) is 37.5 Å². The molecule has 1 aromatic rings. The van der Waals surface area contributed by atoms with E-state index in [0.29, 0.717) is 30.5 Å². The largest absolute Gasteiger partial charge is 0.305 e. The van der Waals surface area contributed by atoms with E-state index in [1.54, 1.807) is 16.4 Å². The second-order valence-corrected chi connectivity index (χ2v) is 7.64. The van der Waals surface area contributed by atoms with Gasteiger partial charge >= 0.3 is 0 Å². The molecule has 0 radical (unpaired) electrons. The lowest BCUT2D eigenvalue weighted by Gasteiger charge is -2.29. The van der Waals surface area contributed by atoms with Gasteiger partial charge in [0.25, 0.3) is 0 Å².